The van der Waals surface area contributed by atoms with Crippen molar-refractivity contribution in [1.29, 1.82) is 0 Å². The van der Waals surface area contributed by atoms with Gasteiger partial charge in [0.15, 0.2) is 0 Å². The molecule has 0 saturated carbocycles. The van der Waals surface area contributed by atoms with Crippen LogP contribution in [0.3, 0.4) is 0 Å². The van der Waals surface area contributed by atoms with E-state index in [9.17, 15) is 10.2 Å². The lowest BCUT2D eigenvalue weighted by Gasteiger charge is -2.29. The molecule has 0 amide bonds. The first-order chi connectivity index (χ1) is 8.65. The summed E-state index contributed by atoms with van der Waals surface area (Å²) in [5.74, 6) is 0.386. The number of nitrogens with zero attached hydrogens (tertiary/aromatic N) is 1. The first-order valence-electron chi connectivity index (χ1n) is 6.26. The Bertz CT molecular complexity index is 417. The summed E-state index contributed by atoms with van der Waals surface area (Å²) < 4.78 is 5.32. The zero-order valence-corrected chi connectivity index (χ0v) is 10.6. The van der Waals surface area contributed by atoms with Crippen molar-refractivity contribution >= 4 is 0 Å². The molecule has 5 heteroatoms. The Morgan fingerprint density at radius 2 is 2.17 bits per heavy atom. The van der Waals surface area contributed by atoms with Gasteiger partial charge in [0, 0.05) is 36.6 Å². The number of nitrogens with two attached hydrogens (primary N) is 1. The van der Waals surface area contributed by atoms with Crippen molar-refractivity contribution in [2.75, 3.05) is 13.2 Å². The molecule has 0 spiro atoms. The molecule has 2 heterocycles. The van der Waals surface area contributed by atoms with Gasteiger partial charge in [-0.25, -0.2) is 0 Å². The molecular weight excluding hydrogens is 232 g/mol. The summed E-state index contributed by atoms with van der Waals surface area (Å²) in [4.78, 5) is 4.05. The SMILES string of the molecule is Cc1ncc(CO)c([C@@H](N)C2CCOCC2)c1O. The third-order valence-electron chi connectivity index (χ3n) is 3.64. The number of aliphatic hydroxyl groups is 1. The van der Waals surface area contributed by atoms with Gasteiger partial charge in [0.25, 0.3) is 0 Å². The fraction of sp³-hybridized carbons (Fsp3) is 0.615. The number of aryl methyl sites for hydroxylation is 1. The van der Waals surface area contributed by atoms with Crippen LogP contribution in [0.4, 0.5) is 0 Å². The van der Waals surface area contributed by atoms with Crippen LogP contribution in [0.1, 0.15) is 35.7 Å². The van der Waals surface area contributed by atoms with Gasteiger partial charge in [-0.15, -0.1) is 0 Å². The highest BCUT2D eigenvalue weighted by atomic mass is 16.5. The molecular formula is C13H20N2O3. The van der Waals surface area contributed by atoms with Crippen LogP contribution in [-0.4, -0.2) is 28.4 Å². The number of pyridine rings is 1. The molecule has 1 aromatic heterocycles. The van der Waals surface area contributed by atoms with Crippen LogP contribution >= 0.6 is 0 Å². The minimum Gasteiger partial charge on any atom is -0.506 e. The Hall–Kier alpha value is -1.17. The summed E-state index contributed by atoms with van der Waals surface area (Å²) in [7, 11) is 0. The molecule has 2 rings (SSSR count). The number of ether oxygens (including phenoxy) is 1. The van der Waals surface area contributed by atoms with E-state index in [2.05, 4.69) is 4.98 Å². The van der Waals surface area contributed by atoms with E-state index < -0.39 is 0 Å². The minimum atomic E-state index is -0.280. The number of hydrogen-bond acceptors (Lipinski definition) is 5. The van der Waals surface area contributed by atoms with Crippen LogP contribution in [0.2, 0.25) is 0 Å². The maximum Gasteiger partial charge on any atom is 0.141 e. The van der Waals surface area contributed by atoms with Crippen molar-refractivity contribution < 1.29 is 14.9 Å². The topological polar surface area (TPSA) is 88.6 Å². The van der Waals surface area contributed by atoms with Crippen molar-refractivity contribution in [2.45, 2.75) is 32.4 Å². The summed E-state index contributed by atoms with van der Waals surface area (Å²) in [6.07, 6.45) is 3.35. The van der Waals surface area contributed by atoms with Gasteiger partial charge >= 0.3 is 0 Å². The Balaban J connectivity index is 2.32. The van der Waals surface area contributed by atoms with E-state index in [-0.39, 0.29) is 24.3 Å². The standard InChI is InChI=1S/C13H20N2O3/c1-8-13(17)11(10(7-16)6-15-8)12(14)9-2-4-18-5-3-9/h6,9,12,16-17H,2-5,7,14H2,1H3/t12-/m0/s1. The zero-order valence-electron chi connectivity index (χ0n) is 10.6. The number of hydrogen-bond donors (Lipinski definition) is 3. The first-order valence-corrected chi connectivity index (χ1v) is 6.26. The highest BCUT2D eigenvalue weighted by Gasteiger charge is 2.27. The summed E-state index contributed by atoms with van der Waals surface area (Å²) in [5.41, 5.74) is 8.05. The van der Waals surface area contributed by atoms with E-state index in [0.717, 1.165) is 12.8 Å². The van der Waals surface area contributed by atoms with E-state index >= 15 is 0 Å². The summed E-state index contributed by atoms with van der Waals surface area (Å²) in [6, 6.07) is -0.280. The second-order valence-electron chi connectivity index (χ2n) is 4.76. The maximum absolute atomic E-state index is 10.1. The van der Waals surface area contributed by atoms with Crippen molar-refractivity contribution in [3.8, 4) is 5.75 Å². The first kappa shape index (κ1) is 13.3. The van der Waals surface area contributed by atoms with Crippen molar-refractivity contribution in [1.82, 2.24) is 4.98 Å². The molecule has 0 aliphatic carbocycles. The van der Waals surface area contributed by atoms with Crippen LogP contribution in [0, 0.1) is 12.8 Å². The fourth-order valence-electron chi connectivity index (χ4n) is 2.46. The molecule has 1 saturated heterocycles. The third kappa shape index (κ3) is 2.48. The normalized spacial score (nSPS) is 18.8. The Labute approximate surface area is 107 Å². The smallest absolute Gasteiger partial charge is 0.141 e. The van der Waals surface area contributed by atoms with E-state index in [0.29, 0.717) is 30.0 Å². The summed E-state index contributed by atoms with van der Waals surface area (Å²) in [5, 5.41) is 19.5. The van der Waals surface area contributed by atoms with Gasteiger partial charge in [-0.05, 0) is 25.7 Å². The molecule has 5 nitrogen and oxygen atoms in total. The third-order valence-corrected chi connectivity index (χ3v) is 3.64. The lowest BCUT2D eigenvalue weighted by atomic mass is 9.85. The molecule has 1 aliphatic rings. The quantitative estimate of drug-likeness (QED) is 0.747. The van der Waals surface area contributed by atoms with Gasteiger partial charge in [-0.1, -0.05) is 0 Å². The van der Waals surface area contributed by atoms with E-state index in [1.807, 2.05) is 0 Å². The van der Waals surface area contributed by atoms with Gasteiger partial charge in [-0.3, -0.25) is 4.98 Å². The average Bonchev–Trinajstić information content (AvgIpc) is 2.42. The number of aromatic hydroxyl groups is 1. The Morgan fingerprint density at radius 3 is 2.78 bits per heavy atom. The molecule has 0 aromatic carbocycles. The van der Waals surface area contributed by atoms with E-state index in [1.54, 1.807) is 13.1 Å². The van der Waals surface area contributed by atoms with Crippen molar-refractivity contribution in [3.05, 3.63) is 23.0 Å². The zero-order chi connectivity index (χ0) is 13.1. The minimum absolute atomic E-state index is 0.112. The predicted molar refractivity (Wildman–Crippen MR) is 67.0 cm³/mol. The molecule has 1 atom stereocenters. The predicted octanol–water partition coefficient (Wildman–Crippen LogP) is 1.01. The lowest BCUT2D eigenvalue weighted by Crippen LogP contribution is -2.28. The second kappa shape index (κ2) is 5.65. The molecule has 4 N–H and O–H groups in total. The Morgan fingerprint density at radius 1 is 1.50 bits per heavy atom. The lowest BCUT2D eigenvalue weighted by molar-refractivity contribution is 0.0578. The molecule has 0 radical (unpaired) electrons. The monoisotopic (exact) mass is 252 g/mol. The second-order valence-corrected chi connectivity index (χ2v) is 4.76. The largest absolute Gasteiger partial charge is 0.506 e. The maximum atomic E-state index is 10.1. The highest BCUT2D eigenvalue weighted by molar-refractivity contribution is 5.43. The van der Waals surface area contributed by atoms with Gasteiger partial charge < -0.3 is 20.7 Å². The highest BCUT2D eigenvalue weighted by Crippen LogP contribution is 2.36. The Kier molecular flexibility index (Phi) is 4.16. The number of aromatic nitrogens is 1. The molecule has 1 aliphatic heterocycles. The average molecular weight is 252 g/mol. The van der Waals surface area contributed by atoms with Crippen LogP contribution in [0.25, 0.3) is 0 Å². The summed E-state index contributed by atoms with van der Waals surface area (Å²) >= 11 is 0. The summed E-state index contributed by atoms with van der Waals surface area (Å²) in [6.45, 7) is 2.99. The van der Waals surface area contributed by atoms with Crippen molar-refractivity contribution in [3.63, 3.8) is 0 Å². The number of rotatable bonds is 3. The van der Waals surface area contributed by atoms with E-state index in [1.165, 1.54) is 0 Å². The van der Waals surface area contributed by atoms with Gasteiger partial charge in [0.1, 0.15) is 5.75 Å². The van der Waals surface area contributed by atoms with Gasteiger partial charge in [0.2, 0.25) is 0 Å². The molecule has 0 bridgehead atoms. The molecule has 18 heavy (non-hydrogen) atoms. The fourth-order valence-corrected chi connectivity index (χ4v) is 2.46. The van der Waals surface area contributed by atoms with Crippen LogP contribution < -0.4 is 5.73 Å². The molecule has 1 aromatic rings. The van der Waals surface area contributed by atoms with Crippen LogP contribution in [0.15, 0.2) is 6.20 Å². The van der Waals surface area contributed by atoms with Gasteiger partial charge in [-0.2, -0.15) is 0 Å². The van der Waals surface area contributed by atoms with Crippen LogP contribution in [0.5, 0.6) is 5.75 Å². The molecule has 100 valence electrons. The van der Waals surface area contributed by atoms with E-state index in [4.69, 9.17) is 10.5 Å². The number of aliphatic hydroxyl groups excluding tert-OH is 1. The molecule has 1 fully saturated rings. The van der Waals surface area contributed by atoms with Crippen molar-refractivity contribution in [2.24, 2.45) is 11.7 Å². The van der Waals surface area contributed by atoms with Crippen LogP contribution in [-0.2, 0) is 11.3 Å². The van der Waals surface area contributed by atoms with Gasteiger partial charge in [0.05, 0.1) is 12.3 Å². The molecule has 0 unspecified atom stereocenters.